The summed E-state index contributed by atoms with van der Waals surface area (Å²) in [5.74, 6) is -0.387. The maximum absolute atomic E-state index is 11.8. The molecule has 0 saturated heterocycles. The molecule has 0 spiro atoms. The minimum Gasteiger partial charge on any atom is -0.411 e. The lowest BCUT2D eigenvalue weighted by atomic mass is 10.1. The Morgan fingerprint density at radius 1 is 1.39 bits per heavy atom. The highest BCUT2D eigenvalue weighted by Crippen LogP contribution is 2.16. The van der Waals surface area contributed by atoms with Crippen molar-refractivity contribution in [3.8, 4) is 0 Å². The van der Waals surface area contributed by atoms with Gasteiger partial charge in [-0.25, -0.2) is 0 Å². The molecule has 6 heteroatoms. The number of oxime groups is 1. The van der Waals surface area contributed by atoms with Crippen molar-refractivity contribution in [3.05, 3.63) is 47.9 Å². The van der Waals surface area contributed by atoms with Crippen LogP contribution >= 0.6 is 0 Å². The Bertz CT molecular complexity index is 576. The van der Waals surface area contributed by atoms with Crippen molar-refractivity contribution < 1.29 is 14.5 Å². The zero-order valence-electron chi connectivity index (χ0n) is 9.62. The second kappa shape index (κ2) is 5.13. The van der Waals surface area contributed by atoms with Gasteiger partial charge in [-0.15, -0.1) is 0 Å². The average Bonchev–Trinajstić information content (AvgIpc) is 2.92. The Morgan fingerprint density at radius 2 is 2.17 bits per heavy atom. The average molecular weight is 245 g/mol. The van der Waals surface area contributed by atoms with Crippen LogP contribution in [-0.4, -0.2) is 22.0 Å². The van der Waals surface area contributed by atoms with E-state index in [1.807, 2.05) is 0 Å². The molecule has 1 aromatic heterocycles. The summed E-state index contributed by atoms with van der Waals surface area (Å²) in [5.41, 5.74) is 1.77. The number of aromatic nitrogens is 1. The molecule has 1 amide bonds. The monoisotopic (exact) mass is 245 g/mol. The van der Waals surface area contributed by atoms with Gasteiger partial charge in [0.25, 0.3) is 5.91 Å². The lowest BCUT2D eigenvalue weighted by Crippen LogP contribution is -2.14. The molecule has 0 atom stereocenters. The molecular weight excluding hydrogens is 234 g/mol. The number of rotatable bonds is 3. The number of nitrogens with one attached hydrogen (secondary N) is 1. The van der Waals surface area contributed by atoms with Crippen molar-refractivity contribution in [1.82, 2.24) is 5.16 Å². The number of para-hydroxylation sites is 1. The lowest BCUT2D eigenvalue weighted by Gasteiger charge is -2.08. The third-order valence-electron chi connectivity index (χ3n) is 2.39. The first-order chi connectivity index (χ1) is 8.72. The third kappa shape index (κ3) is 2.37. The van der Waals surface area contributed by atoms with Gasteiger partial charge in [0.15, 0.2) is 5.69 Å². The van der Waals surface area contributed by atoms with E-state index in [1.165, 1.54) is 12.3 Å². The van der Waals surface area contributed by atoms with Gasteiger partial charge in [-0.1, -0.05) is 28.5 Å². The standard InChI is InChI=1S/C12H11N3O3/c1-8(14-17)9-4-2-3-5-10(9)13-12(16)11-6-7-18-15-11/h2-7,17H,1H3,(H,13,16). The Labute approximate surface area is 103 Å². The molecule has 1 aromatic carbocycles. The number of nitrogens with zero attached hydrogens (tertiary/aromatic N) is 2. The summed E-state index contributed by atoms with van der Waals surface area (Å²) in [5, 5.41) is 18.1. The van der Waals surface area contributed by atoms with Gasteiger partial charge < -0.3 is 15.0 Å². The second-order valence-corrected chi connectivity index (χ2v) is 3.57. The number of hydrogen-bond acceptors (Lipinski definition) is 5. The van der Waals surface area contributed by atoms with Gasteiger partial charge in [-0.05, 0) is 13.0 Å². The Morgan fingerprint density at radius 3 is 2.83 bits per heavy atom. The summed E-state index contributed by atoms with van der Waals surface area (Å²) in [4.78, 5) is 11.8. The van der Waals surface area contributed by atoms with E-state index in [2.05, 4.69) is 20.2 Å². The largest absolute Gasteiger partial charge is 0.411 e. The number of carbonyl (C=O) groups is 1. The van der Waals surface area contributed by atoms with Gasteiger partial charge >= 0.3 is 0 Å². The summed E-state index contributed by atoms with van der Waals surface area (Å²) in [6.07, 6.45) is 1.32. The molecule has 2 N–H and O–H groups in total. The third-order valence-corrected chi connectivity index (χ3v) is 2.39. The smallest absolute Gasteiger partial charge is 0.277 e. The Hall–Kier alpha value is -2.63. The molecular formula is C12H11N3O3. The van der Waals surface area contributed by atoms with Gasteiger partial charge in [-0.2, -0.15) is 0 Å². The maximum Gasteiger partial charge on any atom is 0.277 e. The molecule has 1 heterocycles. The van der Waals surface area contributed by atoms with Gasteiger partial charge in [0.2, 0.25) is 0 Å². The van der Waals surface area contributed by atoms with Crippen LogP contribution in [0.5, 0.6) is 0 Å². The van der Waals surface area contributed by atoms with Crippen molar-refractivity contribution >= 4 is 17.3 Å². The zero-order valence-corrected chi connectivity index (χ0v) is 9.62. The Balaban J connectivity index is 2.27. The van der Waals surface area contributed by atoms with E-state index in [1.54, 1.807) is 31.2 Å². The molecule has 0 radical (unpaired) electrons. The summed E-state index contributed by atoms with van der Waals surface area (Å²) < 4.78 is 4.60. The number of anilines is 1. The van der Waals surface area contributed by atoms with Crippen LogP contribution in [0.25, 0.3) is 0 Å². The van der Waals surface area contributed by atoms with Gasteiger partial charge in [-0.3, -0.25) is 4.79 Å². The topological polar surface area (TPSA) is 87.7 Å². The van der Waals surface area contributed by atoms with E-state index in [4.69, 9.17) is 5.21 Å². The predicted octanol–water partition coefficient (Wildman–Crippen LogP) is 2.13. The highest BCUT2D eigenvalue weighted by atomic mass is 16.5. The van der Waals surface area contributed by atoms with Crippen LogP contribution in [0.15, 0.2) is 46.3 Å². The first kappa shape index (κ1) is 11.8. The van der Waals surface area contributed by atoms with E-state index in [9.17, 15) is 4.79 Å². The van der Waals surface area contributed by atoms with Gasteiger partial charge in [0.1, 0.15) is 6.26 Å². The van der Waals surface area contributed by atoms with Crippen molar-refractivity contribution in [1.29, 1.82) is 0 Å². The van der Waals surface area contributed by atoms with Crippen LogP contribution in [0.2, 0.25) is 0 Å². The SMILES string of the molecule is CC(=NO)c1ccccc1NC(=O)c1ccon1. The summed E-state index contributed by atoms with van der Waals surface area (Å²) in [7, 11) is 0. The first-order valence-electron chi connectivity index (χ1n) is 5.22. The highest BCUT2D eigenvalue weighted by molar-refractivity contribution is 6.09. The van der Waals surface area contributed by atoms with E-state index in [0.29, 0.717) is 17.0 Å². The fourth-order valence-electron chi connectivity index (χ4n) is 1.48. The van der Waals surface area contributed by atoms with Crippen LogP contribution in [0.3, 0.4) is 0 Å². The van der Waals surface area contributed by atoms with Crippen molar-refractivity contribution in [2.24, 2.45) is 5.16 Å². The quantitative estimate of drug-likeness (QED) is 0.492. The molecule has 0 aliphatic carbocycles. The van der Waals surface area contributed by atoms with Crippen molar-refractivity contribution in [2.75, 3.05) is 5.32 Å². The number of benzene rings is 1. The molecule has 0 bridgehead atoms. The predicted molar refractivity (Wildman–Crippen MR) is 64.9 cm³/mol. The van der Waals surface area contributed by atoms with E-state index in [0.717, 1.165) is 0 Å². The lowest BCUT2D eigenvalue weighted by molar-refractivity contribution is 0.101. The highest BCUT2D eigenvalue weighted by Gasteiger charge is 2.12. The number of amides is 1. The minimum absolute atomic E-state index is 0.184. The van der Waals surface area contributed by atoms with Crippen LogP contribution in [0.4, 0.5) is 5.69 Å². The Kier molecular flexibility index (Phi) is 3.38. The molecule has 0 aliphatic heterocycles. The first-order valence-corrected chi connectivity index (χ1v) is 5.22. The number of hydrogen-bond donors (Lipinski definition) is 2. The molecule has 2 aromatic rings. The van der Waals surface area contributed by atoms with Crippen LogP contribution < -0.4 is 5.32 Å². The van der Waals surface area contributed by atoms with Crippen LogP contribution in [-0.2, 0) is 0 Å². The normalized spacial score (nSPS) is 11.3. The molecule has 0 fully saturated rings. The molecule has 0 aliphatic rings. The summed E-state index contributed by atoms with van der Waals surface area (Å²) in [6.45, 7) is 1.64. The van der Waals surface area contributed by atoms with Gasteiger partial charge in [0, 0.05) is 11.6 Å². The van der Waals surface area contributed by atoms with Crippen LogP contribution in [0.1, 0.15) is 23.0 Å². The fourth-order valence-corrected chi connectivity index (χ4v) is 1.48. The summed E-state index contributed by atoms with van der Waals surface area (Å²) >= 11 is 0. The number of carbonyl (C=O) groups excluding carboxylic acids is 1. The molecule has 2 rings (SSSR count). The molecule has 92 valence electrons. The minimum atomic E-state index is -0.387. The van der Waals surface area contributed by atoms with Crippen molar-refractivity contribution in [2.45, 2.75) is 6.92 Å². The second-order valence-electron chi connectivity index (χ2n) is 3.57. The van der Waals surface area contributed by atoms with E-state index in [-0.39, 0.29) is 11.6 Å². The molecule has 6 nitrogen and oxygen atoms in total. The molecule has 0 unspecified atom stereocenters. The van der Waals surface area contributed by atoms with E-state index >= 15 is 0 Å². The maximum atomic E-state index is 11.8. The molecule has 18 heavy (non-hydrogen) atoms. The van der Waals surface area contributed by atoms with Crippen LogP contribution in [0, 0.1) is 0 Å². The summed E-state index contributed by atoms with van der Waals surface area (Å²) in [6, 6.07) is 8.47. The van der Waals surface area contributed by atoms with E-state index < -0.39 is 0 Å². The van der Waals surface area contributed by atoms with Gasteiger partial charge in [0.05, 0.1) is 11.4 Å². The van der Waals surface area contributed by atoms with Crippen molar-refractivity contribution in [3.63, 3.8) is 0 Å². The molecule has 0 saturated carbocycles. The fraction of sp³-hybridized carbons (Fsp3) is 0.0833. The zero-order chi connectivity index (χ0) is 13.0.